The van der Waals surface area contributed by atoms with Crippen molar-refractivity contribution in [3.05, 3.63) is 65.1 Å². The number of aryl methyl sites for hydroxylation is 1. The van der Waals surface area contributed by atoms with Gasteiger partial charge in [-0.2, -0.15) is 0 Å². The maximum absolute atomic E-state index is 10.5. The zero-order chi connectivity index (χ0) is 16.3. The molecule has 0 saturated heterocycles. The van der Waals surface area contributed by atoms with Crippen LogP contribution in [0.15, 0.2) is 53.1 Å². The third-order valence-electron chi connectivity index (χ3n) is 3.61. The minimum atomic E-state index is -1.03. The number of hydrogen-bond acceptors (Lipinski definition) is 5. The molecule has 5 heteroatoms. The molecule has 2 aromatic heterocycles. The lowest BCUT2D eigenvalue weighted by Gasteiger charge is -2.21. The van der Waals surface area contributed by atoms with Crippen molar-refractivity contribution in [2.24, 2.45) is 0 Å². The maximum Gasteiger partial charge on any atom is 0.136 e. The normalized spacial score (nSPS) is 13.9. The molecule has 4 nitrogen and oxygen atoms in total. The van der Waals surface area contributed by atoms with Crippen LogP contribution in [0.1, 0.15) is 23.3 Å². The lowest BCUT2D eigenvalue weighted by molar-refractivity contribution is 0.0333. The van der Waals surface area contributed by atoms with E-state index in [0.29, 0.717) is 18.8 Å². The van der Waals surface area contributed by atoms with Crippen LogP contribution in [0.25, 0.3) is 10.6 Å². The predicted octanol–water partition coefficient (Wildman–Crippen LogP) is 3.71. The average Bonchev–Trinajstić information content (AvgIpc) is 3.17. The molecule has 120 valence electrons. The standard InChI is InChI=1S/C18H20N2O2S/c1-13-8-9-16(22-13)18(2,21)12-19-10-15-11-20-17(23-15)14-6-4-3-5-7-14/h3-9,11,19,21H,10,12H2,1-2H3. The van der Waals surface area contributed by atoms with Crippen LogP contribution in [0.3, 0.4) is 0 Å². The first-order chi connectivity index (χ1) is 11.0. The van der Waals surface area contributed by atoms with Gasteiger partial charge >= 0.3 is 0 Å². The summed E-state index contributed by atoms with van der Waals surface area (Å²) in [5.74, 6) is 1.38. The van der Waals surface area contributed by atoms with Gasteiger partial charge in [0, 0.05) is 29.7 Å². The molecule has 2 heterocycles. The van der Waals surface area contributed by atoms with Crippen LogP contribution in [-0.2, 0) is 12.1 Å². The molecule has 0 fully saturated rings. The van der Waals surface area contributed by atoms with Gasteiger partial charge in [-0.05, 0) is 26.0 Å². The lowest BCUT2D eigenvalue weighted by atomic mass is 10.0. The van der Waals surface area contributed by atoms with Crippen molar-refractivity contribution >= 4 is 11.3 Å². The first kappa shape index (κ1) is 15.9. The summed E-state index contributed by atoms with van der Waals surface area (Å²) < 4.78 is 5.51. The summed E-state index contributed by atoms with van der Waals surface area (Å²) in [5.41, 5.74) is 0.100. The Kier molecular flexibility index (Phi) is 4.61. The smallest absolute Gasteiger partial charge is 0.136 e. The second-order valence-electron chi connectivity index (χ2n) is 5.79. The highest BCUT2D eigenvalue weighted by molar-refractivity contribution is 7.15. The molecule has 0 aliphatic heterocycles. The van der Waals surface area contributed by atoms with Gasteiger partial charge in [-0.3, -0.25) is 0 Å². The molecule has 1 unspecified atom stereocenters. The third-order valence-corrected chi connectivity index (χ3v) is 4.66. The van der Waals surface area contributed by atoms with E-state index >= 15 is 0 Å². The molecule has 1 aromatic carbocycles. The quantitative estimate of drug-likeness (QED) is 0.724. The Hall–Kier alpha value is -1.95. The van der Waals surface area contributed by atoms with E-state index in [9.17, 15) is 5.11 Å². The van der Waals surface area contributed by atoms with Crippen LogP contribution in [0, 0.1) is 6.92 Å². The zero-order valence-electron chi connectivity index (χ0n) is 13.2. The van der Waals surface area contributed by atoms with Gasteiger partial charge in [-0.25, -0.2) is 4.98 Å². The number of hydrogen-bond donors (Lipinski definition) is 2. The van der Waals surface area contributed by atoms with Gasteiger partial charge in [0.2, 0.25) is 0 Å². The monoisotopic (exact) mass is 328 g/mol. The average molecular weight is 328 g/mol. The number of nitrogens with one attached hydrogen (secondary N) is 1. The SMILES string of the molecule is Cc1ccc(C(C)(O)CNCc2cnc(-c3ccccc3)s2)o1. The summed E-state index contributed by atoms with van der Waals surface area (Å²) in [7, 11) is 0. The van der Waals surface area contributed by atoms with E-state index in [1.807, 2.05) is 43.5 Å². The first-order valence-corrected chi connectivity index (χ1v) is 8.36. The topological polar surface area (TPSA) is 58.3 Å². The highest BCUT2D eigenvalue weighted by Crippen LogP contribution is 2.25. The maximum atomic E-state index is 10.5. The number of nitrogens with zero attached hydrogens (tertiary/aromatic N) is 1. The van der Waals surface area contributed by atoms with Gasteiger partial charge in [0.25, 0.3) is 0 Å². The molecule has 0 bridgehead atoms. The van der Waals surface area contributed by atoms with Crippen LogP contribution >= 0.6 is 11.3 Å². The van der Waals surface area contributed by atoms with Gasteiger partial charge < -0.3 is 14.8 Å². The summed E-state index contributed by atoms with van der Waals surface area (Å²) in [4.78, 5) is 5.60. The van der Waals surface area contributed by atoms with Crippen molar-refractivity contribution in [1.82, 2.24) is 10.3 Å². The van der Waals surface area contributed by atoms with Gasteiger partial charge in [0.1, 0.15) is 22.1 Å². The Balaban J connectivity index is 1.58. The van der Waals surface area contributed by atoms with Crippen molar-refractivity contribution in [3.63, 3.8) is 0 Å². The Labute approximate surface area is 139 Å². The molecule has 2 N–H and O–H groups in total. The van der Waals surface area contributed by atoms with Gasteiger partial charge in [0.15, 0.2) is 0 Å². The van der Waals surface area contributed by atoms with Crippen LogP contribution in [-0.4, -0.2) is 16.6 Å². The van der Waals surface area contributed by atoms with E-state index in [4.69, 9.17) is 4.42 Å². The highest BCUT2D eigenvalue weighted by atomic mass is 32.1. The fraction of sp³-hybridized carbons (Fsp3) is 0.278. The molecule has 1 atom stereocenters. The van der Waals surface area contributed by atoms with Gasteiger partial charge in [0.05, 0.1) is 0 Å². The number of aromatic nitrogens is 1. The molecular weight excluding hydrogens is 308 g/mol. The Morgan fingerprint density at radius 1 is 1.22 bits per heavy atom. The van der Waals surface area contributed by atoms with Crippen molar-refractivity contribution in [2.75, 3.05) is 6.54 Å². The van der Waals surface area contributed by atoms with E-state index in [-0.39, 0.29) is 0 Å². The van der Waals surface area contributed by atoms with Crippen molar-refractivity contribution in [1.29, 1.82) is 0 Å². The van der Waals surface area contributed by atoms with Crippen LogP contribution in [0.5, 0.6) is 0 Å². The Morgan fingerprint density at radius 3 is 2.70 bits per heavy atom. The zero-order valence-corrected chi connectivity index (χ0v) is 14.1. The number of thiazole rings is 1. The summed E-state index contributed by atoms with van der Waals surface area (Å²) >= 11 is 1.66. The lowest BCUT2D eigenvalue weighted by Crippen LogP contribution is -2.34. The van der Waals surface area contributed by atoms with Crippen molar-refractivity contribution in [3.8, 4) is 10.6 Å². The van der Waals surface area contributed by atoms with Gasteiger partial charge in [-0.15, -0.1) is 11.3 Å². The van der Waals surface area contributed by atoms with Crippen molar-refractivity contribution < 1.29 is 9.52 Å². The first-order valence-electron chi connectivity index (χ1n) is 7.55. The van der Waals surface area contributed by atoms with Crippen LogP contribution in [0.2, 0.25) is 0 Å². The van der Waals surface area contributed by atoms with Crippen LogP contribution in [0.4, 0.5) is 0 Å². The number of rotatable bonds is 6. The van der Waals surface area contributed by atoms with E-state index in [0.717, 1.165) is 21.2 Å². The van der Waals surface area contributed by atoms with E-state index in [1.165, 1.54) is 0 Å². The molecule has 0 aliphatic carbocycles. The summed E-state index contributed by atoms with van der Waals surface area (Å²) in [6.07, 6.45) is 1.88. The summed E-state index contributed by atoms with van der Waals surface area (Å²) in [6, 6.07) is 13.8. The molecule has 3 rings (SSSR count). The third kappa shape index (κ3) is 3.88. The molecule has 0 radical (unpaired) electrons. The van der Waals surface area contributed by atoms with E-state index in [2.05, 4.69) is 22.4 Å². The Bertz CT molecular complexity index is 762. The van der Waals surface area contributed by atoms with E-state index < -0.39 is 5.60 Å². The minimum Gasteiger partial charge on any atom is -0.463 e. The number of benzene rings is 1. The number of aliphatic hydroxyl groups is 1. The molecule has 0 spiro atoms. The minimum absolute atomic E-state index is 0.415. The fourth-order valence-corrected chi connectivity index (χ4v) is 3.23. The predicted molar refractivity (Wildman–Crippen MR) is 92.3 cm³/mol. The highest BCUT2D eigenvalue weighted by Gasteiger charge is 2.26. The molecule has 3 aromatic rings. The number of furan rings is 1. The molecule has 0 amide bonds. The Morgan fingerprint density at radius 2 is 2.00 bits per heavy atom. The van der Waals surface area contributed by atoms with Crippen LogP contribution < -0.4 is 5.32 Å². The summed E-state index contributed by atoms with van der Waals surface area (Å²) in [6.45, 7) is 4.70. The second kappa shape index (κ2) is 6.66. The van der Waals surface area contributed by atoms with Gasteiger partial charge in [-0.1, -0.05) is 30.3 Å². The largest absolute Gasteiger partial charge is 0.463 e. The summed E-state index contributed by atoms with van der Waals surface area (Å²) in [5, 5.41) is 14.8. The molecule has 0 saturated carbocycles. The molecular formula is C18H20N2O2S. The van der Waals surface area contributed by atoms with E-state index in [1.54, 1.807) is 18.3 Å². The molecule has 0 aliphatic rings. The second-order valence-corrected chi connectivity index (χ2v) is 6.90. The fourth-order valence-electron chi connectivity index (χ4n) is 2.34. The van der Waals surface area contributed by atoms with Crippen molar-refractivity contribution in [2.45, 2.75) is 26.0 Å². The molecule has 23 heavy (non-hydrogen) atoms.